The fourth-order valence-corrected chi connectivity index (χ4v) is 3.74. The highest BCUT2D eigenvalue weighted by Crippen LogP contribution is 2.29. The Morgan fingerprint density at radius 1 is 1.17 bits per heavy atom. The van der Waals surface area contributed by atoms with E-state index in [-0.39, 0.29) is 30.4 Å². The number of carbonyl (C=O) groups excluding carboxylic acids is 3. The van der Waals surface area contributed by atoms with Crippen LogP contribution in [0.1, 0.15) is 46.9 Å². The summed E-state index contributed by atoms with van der Waals surface area (Å²) in [6, 6.07) is 12.1. The SMILES string of the molecule is CC1CCCCN1C(=O)c1ccccc1NC(=O)c1ccc2c(c1)OCC(=O)N2. The Bertz CT molecular complexity index is 972. The second kappa shape index (κ2) is 7.95. The molecule has 1 unspecified atom stereocenters. The number of carbonyl (C=O) groups is 3. The number of amides is 3. The maximum atomic E-state index is 13.1. The average Bonchev–Trinajstić information content (AvgIpc) is 2.73. The van der Waals surface area contributed by atoms with E-state index in [2.05, 4.69) is 17.6 Å². The third-order valence-corrected chi connectivity index (χ3v) is 5.35. The number of nitrogens with zero attached hydrogens (tertiary/aromatic N) is 1. The first-order valence-electron chi connectivity index (χ1n) is 9.81. The average molecular weight is 393 g/mol. The summed E-state index contributed by atoms with van der Waals surface area (Å²) in [6.07, 6.45) is 3.12. The van der Waals surface area contributed by atoms with Crippen molar-refractivity contribution < 1.29 is 19.1 Å². The molecular formula is C22H23N3O4. The van der Waals surface area contributed by atoms with Gasteiger partial charge >= 0.3 is 0 Å². The van der Waals surface area contributed by atoms with Gasteiger partial charge in [0.2, 0.25) is 0 Å². The normalized spacial score (nSPS) is 18.3. The molecule has 4 rings (SSSR count). The fourth-order valence-electron chi connectivity index (χ4n) is 3.74. The lowest BCUT2D eigenvalue weighted by atomic mass is 10.0. The number of piperidine rings is 1. The van der Waals surface area contributed by atoms with Gasteiger partial charge < -0.3 is 20.3 Å². The van der Waals surface area contributed by atoms with Gasteiger partial charge in [0, 0.05) is 18.2 Å². The summed E-state index contributed by atoms with van der Waals surface area (Å²) in [4.78, 5) is 39.2. The molecule has 29 heavy (non-hydrogen) atoms. The molecule has 2 heterocycles. The third kappa shape index (κ3) is 3.94. The van der Waals surface area contributed by atoms with Crippen LogP contribution in [0, 0.1) is 0 Å². The molecule has 7 heteroatoms. The minimum absolute atomic E-state index is 0.0652. The molecule has 2 aromatic rings. The molecule has 7 nitrogen and oxygen atoms in total. The molecule has 2 N–H and O–H groups in total. The van der Waals surface area contributed by atoms with Crippen molar-refractivity contribution in [2.75, 3.05) is 23.8 Å². The second-order valence-electron chi connectivity index (χ2n) is 7.39. The van der Waals surface area contributed by atoms with E-state index >= 15 is 0 Å². The van der Waals surface area contributed by atoms with E-state index in [9.17, 15) is 14.4 Å². The molecule has 0 bridgehead atoms. The van der Waals surface area contributed by atoms with Crippen LogP contribution in [0.2, 0.25) is 0 Å². The number of nitrogens with one attached hydrogen (secondary N) is 2. The van der Waals surface area contributed by atoms with Gasteiger partial charge in [0.25, 0.3) is 17.7 Å². The van der Waals surface area contributed by atoms with Crippen molar-refractivity contribution >= 4 is 29.1 Å². The molecule has 0 spiro atoms. The third-order valence-electron chi connectivity index (χ3n) is 5.35. The number of rotatable bonds is 3. The van der Waals surface area contributed by atoms with Crippen LogP contribution in [-0.4, -0.2) is 41.8 Å². The highest BCUT2D eigenvalue weighted by atomic mass is 16.5. The minimum Gasteiger partial charge on any atom is -0.482 e. The zero-order chi connectivity index (χ0) is 20.4. The molecule has 1 atom stereocenters. The number of benzene rings is 2. The van der Waals surface area contributed by atoms with E-state index in [0.29, 0.717) is 28.3 Å². The lowest BCUT2D eigenvalue weighted by molar-refractivity contribution is -0.118. The zero-order valence-corrected chi connectivity index (χ0v) is 16.2. The predicted octanol–water partition coefficient (Wildman–Crippen LogP) is 3.28. The fraction of sp³-hybridized carbons (Fsp3) is 0.318. The van der Waals surface area contributed by atoms with Crippen molar-refractivity contribution in [2.45, 2.75) is 32.2 Å². The van der Waals surface area contributed by atoms with E-state index in [1.54, 1.807) is 42.5 Å². The summed E-state index contributed by atoms with van der Waals surface area (Å²) in [5, 5.41) is 5.54. The molecule has 2 aromatic carbocycles. The number of likely N-dealkylation sites (tertiary alicyclic amines) is 1. The van der Waals surface area contributed by atoms with Crippen LogP contribution in [0.4, 0.5) is 11.4 Å². The minimum atomic E-state index is -0.347. The maximum Gasteiger partial charge on any atom is 0.262 e. The Morgan fingerprint density at radius 2 is 2.00 bits per heavy atom. The van der Waals surface area contributed by atoms with Gasteiger partial charge in [-0.25, -0.2) is 0 Å². The van der Waals surface area contributed by atoms with Gasteiger partial charge in [-0.1, -0.05) is 12.1 Å². The number of anilines is 2. The number of hydrogen-bond donors (Lipinski definition) is 2. The Morgan fingerprint density at radius 3 is 2.83 bits per heavy atom. The summed E-state index contributed by atoms with van der Waals surface area (Å²) in [7, 11) is 0. The van der Waals surface area contributed by atoms with Gasteiger partial charge in [0.05, 0.1) is 16.9 Å². The van der Waals surface area contributed by atoms with E-state index in [0.717, 1.165) is 25.8 Å². The van der Waals surface area contributed by atoms with Crippen molar-refractivity contribution in [3.8, 4) is 5.75 Å². The molecule has 1 fully saturated rings. The molecule has 0 aliphatic carbocycles. The van der Waals surface area contributed by atoms with E-state index in [1.807, 2.05) is 4.90 Å². The van der Waals surface area contributed by atoms with Crippen LogP contribution >= 0.6 is 0 Å². The highest BCUT2D eigenvalue weighted by molar-refractivity contribution is 6.09. The van der Waals surface area contributed by atoms with Gasteiger partial charge in [-0.05, 0) is 56.5 Å². The topological polar surface area (TPSA) is 87.7 Å². The molecule has 2 aliphatic rings. The number of para-hydroxylation sites is 1. The molecule has 1 saturated heterocycles. The quantitative estimate of drug-likeness (QED) is 0.838. The van der Waals surface area contributed by atoms with Crippen LogP contribution in [0.15, 0.2) is 42.5 Å². The standard InChI is InChI=1S/C22H23N3O4/c1-14-6-4-5-11-25(14)22(28)16-7-2-3-8-17(16)24-21(27)15-9-10-18-19(12-15)29-13-20(26)23-18/h2-3,7-10,12,14H,4-6,11,13H2,1H3,(H,23,26)(H,24,27). The highest BCUT2D eigenvalue weighted by Gasteiger charge is 2.26. The summed E-state index contributed by atoms with van der Waals surface area (Å²) in [5.41, 5.74) is 1.88. The molecule has 0 saturated carbocycles. The van der Waals surface area contributed by atoms with Crippen molar-refractivity contribution in [3.63, 3.8) is 0 Å². The Kier molecular flexibility index (Phi) is 5.20. The maximum absolute atomic E-state index is 13.1. The first-order valence-corrected chi connectivity index (χ1v) is 9.81. The summed E-state index contributed by atoms with van der Waals surface area (Å²) < 4.78 is 5.38. The van der Waals surface area contributed by atoms with Crippen LogP contribution in [0.3, 0.4) is 0 Å². The van der Waals surface area contributed by atoms with Crippen molar-refractivity contribution in [1.29, 1.82) is 0 Å². The number of hydrogen-bond acceptors (Lipinski definition) is 4. The second-order valence-corrected chi connectivity index (χ2v) is 7.39. The molecular weight excluding hydrogens is 370 g/mol. The Hall–Kier alpha value is -3.35. The molecule has 0 aromatic heterocycles. The van der Waals surface area contributed by atoms with Crippen molar-refractivity contribution in [1.82, 2.24) is 4.90 Å². The zero-order valence-electron chi connectivity index (χ0n) is 16.2. The van der Waals surface area contributed by atoms with E-state index in [1.165, 1.54) is 0 Å². The van der Waals surface area contributed by atoms with Crippen LogP contribution in [0.25, 0.3) is 0 Å². The molecule has 0 radical (unpaired) electrons. The summed E-state index contributed by atoms with van der Waals surface area (Å²) in [6.45, 7) is 2.71. The Labute approximate surface area is 169 Å². The predicted molar refractivity (Wildman–Crippen MR) is 109 cm³/mol. The van der Waals surface area contributed by atoms with Crippen LogP contribution in [0.5, 0.6) is 5.75 Å². The lowest BCUT2D eigenvalue weighted by Crippen LogP contribution is -2.42. The first-order chi connectivity index (χ1) is 14.0. The number of ether oxygens (including phenoxy) is 1. The van der Waals surface area contributed by atoms with Gasteiger partial charge in [0.15, 0.2) is 6.61 Å². The first kappa shape index (κ1) is 19.0. The monoisotopic (exact) mass is 393 g/mol. The Balaban J connectivity index is 1.55. The van der Waals surface area contributed by atoms with Crippen LogP contribution in [-0.2, 0) is 4.79 Å². The van der Waals surface area contributed by atoms with Crippen LogP contribution < -0.4 is 15.4 Å². The smallest absolute Gasteiger partial charge is 0.262 e. The molecule has 2 aliphatic heterocycles. The largest absolute Gasteiger partial charge is 0.482 e. The number of fused-ring (bicyclic) bond motifs is 1. The lowest BCUT2D eigenvalue weighted by Gasteiger charge is -2.34. The van der Waals surface area contributed by atoms with Gasteiger partial charge in [0.1, 0.15) is 5.75 Å². The van der Waals surface area contributed by atoms with Gasteiger partial charge in [-0.2, -0.15) is 0 Å². The molecule has 3 amide bonds. The van der Waals surface area contributed by atoms with Gasteiger partial charge in [-0.3, -0.25) is 14.4 Å². The summed E-state index contributed by atoms with van der Waals surface area (Å²) in [5.74, 6) is -0.192. The van der Waals surface area contributed by atoms with E-state index in [4.69, 9.17) is 4.74 Å². The van der Waals surface area contributed by atoms with Crippen molar-refractivity contribution in [3.05, 3.63) is 53.6 Å². The van der Waals surface area contributed by atoms with Gasteiger partial charge in [-0.15, -0.1) is 0 Å². The van der Waals surface area contributed by atoms with Crippen molar-refractivity contribution in [2.24, 2.45) is 0 Å². The summed E-state index contributed by atoms with van der Waals surface area (Å²) >= 11 is 0. The molecule has 150 valence electrons. The van der Waals surface area contributed by atoms with E-state index < -0.39 is 0 Å².